The minimum absolute atomic E-state index is 0.171. The van der Waals surface area contributed by atoms with E-state index in [0.29, 0.717) is 19.4 Å². The normalized spacial score (nSPS) is 14.6. The molecule has 0 aromatic carbocycles. The predicted molar refractivity (Wildman–Crippen MR) is 117 cm³/mol. The van der Waals surface area contributed by atoms with Gasteiger partial charge in [0.15, 0.2) is 0 Å². The molecule has 2 atom stereocenters. The quantitative estimate of drug-likeness (QED) is 0.282. The number of nitrogens with one attached hydrogen (secondary N) is 2. The molecule has 0 spiro atoms. The molecule has 0 saturated heterocycles. The Hall–Kier alpha value is -1.71. The summed E-state index contributed by atoms with van der Waals surface area (Å²) >= 11 is 0. The number of carbonyl (C=O) groups excluding carboxylic acids is 3. The monoisotopic (exact) mass is 430 g/mol. The van der Waals surface area contributed by atoms with E-state index in [9.17, 15) is 14.4 Å². The average molecular weight is 431 g/mol. The highest BCUT2D eigenvalue weighted by Crippen LogP contribution is 2.13. The third-order valence-electron chi connectivity index (χ3n) is 3.99. The standard InChI is InChI=1S/C21H42N4O5/c1-19(2,3)29-13-11-21(7,8)25-18(28)16(23)15(22)17(27)24-12-9-10-14(26)30-20(4,5)6/h15-16H,9-13,22-23H2,1-8H3,(H,24,27)(H,25,28)/t15-,16-/m0/s1. The second-order valence-electron chi connectivity index (χ2n) is 10.1. The highest BCUT2D eigenvalue weighted by atomic mass is 16.6. The van der Waals surface area contributed by atoms with Crippen LogP contribution in [-0.4, -0.2) is 59.8 Å². The Morgan fingerprint density at radius 2 is 1.40 bits per heavy atom. The average Bonchev–Trinajstić information content (AvgIpc) is 2.53. The maximum Gasteiger partial charge on any atom is 0.306 e. The summed E-state index contributed by atoms with van der Waals surface area (Å²) in [5.74, 6) is -1.39. The Labute approximate surface area is 181 Å². The van der Waals surface area contributed by atoms with Crippen molar-refractivity contribution in [2.24, 2.45) is 11.5 Å². The first-order valence-corrected chi connectivity index (χ1v) is 10.4. The third-order valence-corrected chi connectivity index (χ3v) is 3.99. The predicted octanol–water partition coefficient (Wildman–Crippen LogP) is 0.979. The van der Waals surface area contributed by atoms with Crippen LogP contribution in [0.4, 0.5) is 0 Å². The lowest BCUT2D eigenvalue weighted by atomic mass is 9.99. The van der Waals surface area contributed by atoms with Gasteiger partial charge in [0.25, 0.3) is 0 Å². The van der Waals surface area contributed by atoms with Gasteiger partial charge >= 0.3 is 5.97 Å². The smallest absolute Gasteiger partial charge is 0.306 e. The Morgan fingerprint density at radius 3 is 1.90 bits per heavy atom. The maximum absolute atomic E-state index is 12.4. The molecule has 176 valence electrons. The fraction of sp³-hybridized carbons (Fsp3) is 0.857. The molecule has 0 unspecified atom stereocenters. The van der Waals surface area contributed by atoms with E-state index >= 15 is 0 Å². The Morgan fingerprint density at radius 1 is 0.867 bits per heavy atom. The second-order valence-corrected chi connectivity index (χ2v) is 10.1. The van der Waals surface area contributed by atoms with Gasteiger partial charge in [0.05, 0.1) is 5.60 Å². The molecule has 9 nitrogen and oxygen atoms in total. The minimum atomic E-state index is -1.20. The van der Waals surface area contributed by atoms with E-state index < -0.39 is 35.0 Å². The molecule has 0 aromatic rings. The summed E-state index contributed by atoms with van der Waals surface area (Å²) in [6.07, 6.45) is 1.15. The molecule has 30 heavy (non-hydrogen) atoms. The van der Waals surface area contributed by atoms with Crippen LogP contribution >= 0.6 is 0 Å². The minimum Gasteiger partial charge on any atom is -0.460 e. The number of hydrogen-bond donors (Lipinski definition) is 4. The molecule has 0 bridgehead atoms. The molecule has 0 aliphatic heterocycles. The van der Waals surface area contributed by atoms with Crippen LogP contribution in [0, 0.1) is 0 Å². The second kappa shape index (κ2) is 11.6. The summed E-state index contributed by atoms with van der Waals surface area (Å²) in [6, 6.07) is -2.40. The van der Waals surface area contributed by atoms with Crippen molar-refractivity contribution in [1.82, 2.24) is 10.6 Å². The van der Waals surface area contributed by atoms with Crippen molar-refractivity contribution in [2.75, 3.05) is 13.2 Å². The molecular weight excluding hydrogens is 388 g/mol. The van der Waals surface area contributed by atoms with Gasteiger partial charge in [-0.15, -0.1) is 0 Å². The van der Waals surface area contributed by atoms with Gasteiger partial charge in [0.1, 0.15) is 17.7 Å². The lowest BCUT2D eigenvalue weighted by Gasteiger charge is -2.30. The van der Waals surface area contributed by atoms with E-state index in [2.05, 4.69) is 10.6 Å². The van der Waals surface area contributed by atoms with Crippen LogP contribution in [0.25, 0.3) is 0 Å². The lowest BCUT2D eigenvalue weighted by Crippen LogP contribution is -2.61. The summed E-state index contributed by atoms with van der Waals surface area (Å²) in [4.78, 5) is 36.3. The first kappa shape index (κ1) is 28.3. The van der Waals surface area contributed by atoms with Gasteiger partial charge in [-0.1, -0.05) is 0 Å². The van der Waals surface area contributed by atoms with Crippen molar-refractivity contribution in [3.05, 3.63) is 0 Å². The highest BCUT2D eigenvalue weighted by molar-refractivity contribution is 5.92. The van der Waals surface area contributed by atoms with Gasteiger partial charge in [-0.2, -0.15) is 0 Å². The first-order chi connectivity index (χ1) is 13.4. The van der Waals surface area contributed by atoms with Crippen LogP contribution in [-0.2, 0) is 23.9 Å². The molecular formula is C21H42N4O5. The van der Waals surface area contributed by atoms with E-state index in [1.807, 2.05) is 34.6 Å². The van der Waals surface area contributed by atoms with E-state index in [1.165, 1.54) is 0 Å². The van der Waals surface area contributed by atoms with Crippen molar-refractivity contribution in [2.45, 2.75) is 103 Å². The van der Waals surface area contributed by atoms with Gasteiger partial charge < -0.3 is 31.6 Å². The molecule has 2 amide bonds. The third kappa shape index (κ3) is 13.5. The lowest BCUT2D eigenvalue weighted by molar-refractivity contribution is -0.155. The van der Waals surface area contributed by atoms with Crippen molar-refractivity contribution >= 4 is 17.8 Å². The summed E-state index contributed by atoms with van der Waals surface area (Å²) in [5, 5.41) is 5.42. The SMILES string of the molecule is CC(C)(CCOC(C)(C)C)NC(=O)[C@@H](N)[C@H](N)C(=O)NCCCC(=O)OC(C)(C)C. The van der Waals surface area contributed by atoms with Gasteiger partial charge in [-0.3, -0.25) is 14.4 Å². The summed E-state index contributed by atoms with van der Waals surface area (Å²) in [6.45, 7) is 15.6. The number of hydrogen-bond acceptors (Lipinski definition) is 7. The molecule has 0 fully saturated rings. The van der Waals surface area contributed by atoms with Crippen LogP contribution in [0.1, 0.15) is 74.7 Å². The van der Waals surface area contributed by atoms with Crippen LogP contribution in [0.3, 0.4) is 0 Å². The Balaban J connectivity index is 4.39. The van der Waals surface area contributed by atoms with E-state index in [4.69, 9.17) is 20.9 Å². The van der Waals surface area contributed by atoms with Crippen molar-refractivity contribution in [3.8, 4) is 0 Å². The van der Waals surface area contributed by atoms with Crippen LogP contribution < -0.4 is 22.1 Å². The number of nitrogens with two attached hydrogens (primary N) is 2. The number of rotatable bonds is 11. The van der Waals surface area contributed by atoms with E-state index in [1.54, 1.807) is 20.8 Å². The summed E-state index contributed by atoms with van der Waals surface area (Å²) in [5.41, 5.74) is 10.4. The molecule has 0 rings (SSSR count). The number of amides is 2. The largest absolute Gasteiger partial charge is 0.460 e. The van der Waals surface area contributed by atoms with Crippen molar-refractivity contribution in [3.63, 3.8) is 0 Å². The van der Waals surface area contributed by atoms with Gasteiger partial charge in [0, 0.05) is 25.1 Å². The molecule has 0 heterocycles. The topological polar surface area (TPSA) is 146 Å². The number of carbonyl (C=O) groups is 3. The van der Waals surface area contributed by atoms with Crippen LogP contribution in [0.2, 0.25) is 0 Å². The highest BCUT2D eigenvalue weighted by Gasteiger charge is 2.31. The van der Waals surface area contributed by atoms with Gasteiger partial charge in [0.2, 0.25) is 11.8 Å². The number of esters is 1. The zero-order valence-electron chi connectivity index (χ0n) is 19.9. The van der Waals surface area contributed by atoms with E-state index in [0.717, 1.165) is 0 Å². The van der Waals surface area contributed by atoms with Gasteiger partial charge in [-0.05, 0) is 68.2 Å². The Bertz CT molecular complexity index is 579. The zero-order chi connectivity index (χ0) is 23.8. The maximum atomic E-state index is 12.4. The molecule has 0 radical (unpaired) electrons. The molecule has 0 aliphatic carbocycles. The molecule has 6 N–H and O–H groups in total. The molecule has 0 aromatic heterocycles. The summed E-state index contributed by atoms with van der Waals surface area (Å²) in [7, 11) is 0. The van der Waals surface area contributed by atoms with E-state index in [-0.39, 0.29) is 24.5 Å². The zero-order valence-corrected chi connectivity index (χ0v) is 19.9. The van der Waals surface area contributed by atoms with Crippen molar-refractivity contribution in [1.29, 1.82) is 0 Å². The van der Waals surface area contributed by atoms with Gasteiger partial charge in [-0.25, -0.2) is 0 Å². The van der Waals surface area contributed by atoms with Crippen LogP contribution in [0.5, 0.6) is 0 Å². The summed E-state index contributed by atoms with van der Waals surface area (Å²) < 4.78 is 10.9. The fourth-order valence-corrected chi connectivity index (χ4v) is 2.37. The fourth-order valence-electron chi connectivity index (χ4n) is 2.37. The number of ether oxygens (including phenoxy) is 2. The Kier molecular flexibility index (Phi) is 11.0. The van der Waals surface area contributed by atoms with Crippen molar-refractivity contribution < 1.29 is 23.9 Å². The van der Waals surface area contributed by atoms with Crippen LogP contribution in [0.15, 0.2) is 0 Å². The molecule has 0 aliphatic rings. The molecule has 0 saturated carbocycles. The molecule has 9 heteroatoms. The first-order valence-electron chi connectivity index (χ1n) is 10.4.